The van der Waals surface area contributed by atoms with Crippen molar-refractivity contribution < 1.29 is 93.2 Å². The van der Waals surface area contributed by atoms with Gasteiger partial charge in [-0.3, -0.25) is 14.6 Å². The van der Waals surface area contributed by atoms with E-state index in [0.29, 0.717) is 44.6 Å². The molecule has 0 saturated carbocycles. The zero-order chi connectivity index (χ0) is 40.3. The number of alkyl halides is 9. The quantitative estimate of drug-likeness (QED) is 0.196. The topological polar surface area (TPSA) is 108 Å². The summed E-state index contributed by atoms with van der Waals surface area (Å²) < 4.78 is 137. The average molecular weight is 815 g/mol. The van der Waals surface area contributed by atoms with Crippen LogP contribution in [0.2, 0.25) is 0 Å². The molecule has 0 radical (unpaired) electrons. The predicted octanol–water partition coefficient (Wildman–Crippen LogP) is 5.61. The number of hydrogen-bond donors (Lipinski definition) is 1. The number of likely N-dealkylation sites (tertiary alicyclic amines) is 1. The minimum Gasteiger partial charge on any atom is -0.489 e. The fraction of sp³-hybridized carbons (Fsp3) is 0.500. The number of piperidine rings is 1. The Morgan fingerprint density at radius 1 is 0.875 bits per heavy atom. The maximum Gasteiger partial charge on any atom is 1.00 e. The molecule has 2 aromatic carbocycles. The average Bonchev–Trinajstić information content (AvgIpc) is 3.12. The molecule has 0 aliphatic carbocycles. The maximum atomic E-state index is 14.1. The van der Waals surface area contributed by atoms with E-state index in [9.17, 15) is 54.2 Å². The van der Waals surface area contributed by atoms with E-state index in [0.717, 1.165) is 18.2 Å². The molecule has 3 aromatic rings. The van der Waals surface area contributed by atoms with Crippen molar-refractivity contribution in [1.82, 2.24) is 14.9 Å². The van der Waals surface area contributed by atoms with E-state index in [-0.39, 0.29) is 84.6 Å². The molecular weight excluding hydrogens is 776 g/mol. The van der Waals surface area contributed by atoms with Gasteiger partial charge in [0.2, 0.25) is 5.95 Å². The van der Waals surface area contributed by atoms with E-state index in [1.165, 1.54) is 22.2 Å². The van der Waals surface area contributed by atoms with E-state index in [1.54, 1.807) is 13.8 Å². The first-order valence-electron chi connectivity index (χ1n) is 17.4. The first-order chi connectivity index (χ1) is 25.8. The first-order valence-corrected chi connectivity index (χ1v) is 17.4. The smallest absolute Gasteiger partial charge is 0.489 e. The van der Waals surface area contributed by atoms with Crippen LogP contribution in [0.1, 0.15) is 73.4 Å². The van der Waals surface area contributed by atoms with Gasteiger partial charge in [-0.05, 0) is 93.2 Å². The SMILES string of the molecule is CCOC(=O)N1c2ccc(C(F)(F)F)cc2[C@@H](N(Cc2cc(C(F)(F)F)cc(C(F)(F)F)c2)c2ncc(OCCN3CCC(C(=O)O)CC3)cn2)C[C@H]1CC.[Na+]. The number of aliphatic carboxylic acids is 1. The Kier molecular flexibility index (Phi) is 14.6. The molecule has 2 aliphatic rings. The van der Waals surface area contributed by atoms with Crippen LogP contribution in [0, 0.1) is 5.92 Å². The van der Waals surface area contributed by atoms with Gasteiger partial charge in [0.25, 0.3) is 0 Å². The van der Waals surface area contributed by atoms with Crippen LogP contribution in [0.5, 0.6) is 5.75 Å². The number of carboxylic acids is 1. The summed E-state index contributed by atoms with van der Waals surface area (Å²) in [6.07, 6.45) is -12.5. The summed E-state index contributed by atoms with van der Waals surface area (Å²) in [5, 5.41) is 9.22. The van der Waals surface area contributed by atoms with E-state index >= 15 is 0 Å². The fourth-order valence-corrected chi connectivity index (χ4v) is 6.84. The molecule has 1 fully saturated rings. The summed E-state index contributed by atoms with van der Waals surface area (Å²) in [5.74, 6) is -1.38. The third-order valence-corrected chi connectivity index (χ3v) is 9.63. The van der Waals surface area contributed by atoms with Crippen LogP contribution in [0.3, 0.4) is 0 Å². The second-order valence-corrected chi connectivity index (χ2v) is 13.2. The summed E-state index contributed by atoms with van der Waals surface area (Å²) in [6, 6.07) is 1.73. The van der Waals surface area contributed by atoms with Crippen LogP contribution in [0.4, 0.5) is 55.9 Å². The largest absolute Gasteiger partial charge is 1.00 e. The summed E-state index contributed by atoms with van der Waals surface area (Å²) >= 11 is 0. The number of carbonyl (C=O) groups is 2. The number of benzene rings is 2. The number of carboxylic acid groups (broad SMARTS) is 1. The predicted molar refractivity (Wildman–Crippen MR) is 179 cm³/mol. The van der Waals surface area contributed by atoms with Crippen LogP contribution >= 0.6 is 0 Å². The van der Waals surface area contributed by atoms with Gasteiger partial charge in [-0.15, -0.1) is 0 Å². The normalized spacial score (nSPS) is 18.2. The minimum atomic E-state index is -5.17. The van der Waals surface area contributed by atoms with Gasteiger partial charge in [0, 0.05) is 19.1 Å². The van der Waals surface area contributed by atoms with E-state index in [2.05, 4.69) is 9.97 Å². The maximum absolute atomic E-state index is 14.1. The molecule has 1 saturated heterocycles. The second kappa shape index (κ2) is 18.2. The monoisotopic (exact) mass is 814 g/mol. The zero-order valence-electron chi connectivity index (χ0n) is 30.6. The van der Waals surface area contributed by atoms with Gasteiger partial charge in [0.15, 0.2) is 5.75 Å². The van der Waals surface area contributed by atoms with Gasteiger partial charge in [-0.25, -0.2) is 14.8 Å². The Morgan fingerprint density at radius 3 is 1.98 bits per heavy atom. The number of hydrogen-bond acceptors (Lipinski definition) is 8. The van der Waals surface area contributed by atoms with Crippen molar-refractivity contribution >= 4 is 23.7 Å². The van der Waals surface area contributed by atoms with E-state index in [1.807, 2.05) is 4.90 Å². The molecule has 56 heavy (non-hydrogen) atoms. The van der Waals surface area contributed by atoms with E-state index < -0.39 is 77.4 Å². The first kappa shape index (κ1) is 44.9. The second-order valence-electron chi connectivity index (χ2n) is 13.2. The fourth-order valence-electron chi connectivity index (χ4n) is 6.84. The molecule has 20 heteroatoms. The zero-order valence-corrected chi connectivity index (χ0v) is 32.6. The van der Waals surface area contributed by atoms with Crippen molar-refractivity contribution in [2.45, 2.75) is 76.7 Å². The number of carbonyl (C=O) groups excluding carboxylic acids is 1. The van der Waals surface area contributed by atoms with Gasteiger partial charge < -0.3 is 19.5 Å². The van der Waals surface area contributed by atoms with Crippen molar-refractivity contribution in [1.29, 1.82) is 0 Å². The van der Waals surface area contributed by atoms with Crippen LogP contribution in [0.15, 0.2) is 48.8 Å². The van der Waals surface area contributed by atoms with Gasteiger partial charge in [-0.1, -0.05) is 6.92 Å². The molecule has 5 rings (SSSR count). The van der Waals surface area contributed by atoms with Crippen LogP contribution in [-0.4, -0.2) is 70.9 Å². The number of rotatable bonds is 11. The molecule has 0 spiro atoms. The Bertz CT molecular complexity index is 1790. The number of ether oxygens (including phenoxy) is 2. The molecule has 0 unspecified atom stereocenters. The van der Waals surface area contributed by atoms with Gasteiger partial charge >= 0.3 is 60.1 Å². The molecule has 3 heterocycles. The standard InChI is InChI=1S/C36H38F9N5O5.Na/c1-3-26-17-30(28-16-23(34(37,38)39)5-6-29(28)50(26)33(53)54-4-2)49(20-21-13-24(35(40,41)42)15-25(14-21)36(43,44)45)32-46-18-27(19-47-32)55-12-11-48-9-7-22(8-10-48)31(51)52;/h5-6,13-16,18-19,22,26,30H,3-4,7-12,17,20H2,1-2H3,(H,51,52);/q;+1/t26-,30+;/m1./s1. The van der Waals surface area contributed by atoms with Gasteiger partial charge in [0.05, 0.1) is 53.3 Å². The molecular formula is C36H38F9N5NaO5+. The third-order valence-electron chi connectivity index (χ3n) is 9.63. The Morgan fingerprint density at radius 2 is 1.46 bits per heavy atom. The van der Waals surface area contributed by atoms with Crippen LogP contribution in [-0.2, 0) is 34.6 Å². The molecule has 0 bridgehead atoms. The number of nitrogens with zero attached hydrogens (tertiary/aromatic N) is 5. The van der Waals surface area contributed by atoms with Crippen molar-refractivity contribution in [3.63, 3.8) is 0 Å². The van der Waals surface area contributed by atoms with Crippen LogP contribution in [0.25, 0.3) is 0 Å². The number of halogens is 9. The summed E-state index contributed by atoms with van der Waals surface area (Å²) in [4.78, 5) is 37.5. The molecule has 300 valence electrons. The van der Waals surface area contributed by atoms with Crippen molar-refractivity contribution in [2.24, 2.45) is 5.92 Å². The van der Waals surface area contributed by atoms with Gasteiger partial charge in [-0.2, -0.15) is 39.5 Å². The van der Waals surface area contributed by atoms with Gasteiger partial charge in [0.1, 0.15) is 6.61 Å². The third kappa shape index (κ3) is 10.8. The summed E-state index contributed by atoms with van der Waals surface area (Å²) in [5.41, 5.74) is -4.86. The summed E-state index contributed by atoms with van der Waals surface area (Å²) in [6.45, 7) is 4.14. The molecule has 10 nitrogen and oxygen atoms in total. The Labute approximate surface area is 338 Å². The number of fused-ring (bicyclic) bond motifs is 1. The minimum absolute atomic E-state index is 0. The van der Waals surface area contributed by atoms with E-state index in [4.69, 9.17) is 9.47 Å². The number of anilines is 2. The number of aromatic nitrogens is 2. The van der Waals surface area contributed by atoms with Crippen LogP contribution < -0.4 is 44.1 Å². The van der Waals surface area contributed by atoms with Crippen molar-refractivity contribution in [3.8, 4) is 5.75 Å². The molecule has 1 aromatic heterocycles. The molecule has 2 aliphatic heterocycles. The molecule has 2 atom stereocenters. The number of amides is 1. The molecule has 1 amide bonds. The Balaban J connectivity index is 0.00000696. The van der Waals surface area contributed by atoms with Crippen molar-refractivity contribution in [2.75, 3.05) is 42.6 Å². The summed E-state index contributed by atoms with van der Waals surface area (Å²) in [7, 11) is 0. The van der Waals surface area contributed by atoms with Crippen molar-refractivity contribution in [3.05, 3.63) is 76.6 Å². The molecule has 1 N–H and O–H groups in total. The Hall–Kier alpha value is -3.81.